The fourth-order valence-corrected chi connectivity index (χ4v) is 2.54. The summed E-state index contributed by atoms with van der Waals surface area (Å²) in [5.41, 5.74) is 2.13. The average molecular weight is 286 g/mol. The van der Waals surface area contributed by atoms with Gasteiger partial charge in [0.05, 0.1) is 12.2 Å². The molecule has 0 spiro atoms. The molecule has 0 atom stereocenters. The Bertz CT molecular complexity index is 589. The summed E-state index contributed by atoms with van der Waals surface area (Å²) in [5.74, 6) is 0.401. The summed E-state index contributed by atoms with van der Waals surface area (Å²) < 4.78 is 18.7. The van der Waals surface area contributed by atoms with Crippen LogP contribution in [0.25, 0.3) is 0 Å². The molecular weight excluding hydrogens is 267 g/mol. The molecule has 0 amide bonds. The van der Waals surface area contributed by atoms with Crippen molar-refractivity contribution in [3.05, 3.63) is 54.3 Å². The second-order valence-electron chi connectivity index (χ2n) is 5.09. The van der Waals surface area contributed by atoms with Gasteiger partial charge in [0.15, 0.2) is 0 Å². The first-order chi connectivity index (χ1) is 10.3. The lowest BCUT2D eigenvalue weighted by molar-refractivity contribution is 0.305. The number of nitrogens with one attached hydrogen (secondary N) is 1. The van der Waals surface area contributed by atoms with E-state index in [2.05, 4.69) is 22.3 Å². The van der Waals surface area contributed by atoms with Crippen molar-refractivity contribution in [2.45, 2.75) is 6.42 Å². The van der Waals surface area contributed by atoms with Crippen LogP contribution in [0.2, 0.25) is 0 Å². The number of halogens is 1. The van der Waals surface area contributed by atoms with Crippen molar-refractivity contribution in [2.24, 2.45) is 0 Å². The first-order valence-electron chi connectivity index (χ1n) is 7.29. The lowest BCUT2D eigenvalue weighted by Crippen LogP contribution is -2.34. The van der Waals surface area contributed by atoms with E-state index >= 15 is 0 Å². The lowest BCUT2D eigenvalue weighted by Gasteiger charge is -2.31. The molecule has 0 radical (unpaired) electrons. The number of anilines is 2. The zero-order valence-corrected chi connectivity index (χ0v) is 11.9. The van der Waals surface area contributed by atoms with Crippen LogP contribution in [0.5, 0.6) is 5.75 Å². The van der Waals surface area contributed by atoms with E-state index in [0.717, 1.165) is 37.4 Å². The first-order valence-corrected chi connectivity index (χ1v) is 7.29. The number of nitrogens with zero attached hydrogens (tertiary/aromatic N) is 1. The van der Waals surface area contributed by atoms with Crippen molar-refractivity contribution >= 4 is 11.4 Å². The van der Waals surface area contributed by atoms with Crippen LogP contribution in [0.15, 0.2) is 48.5 Å². The third-order valence-electron chi connectivity index (χ3n) is 3.59. The molecule has 1 N–H and O–H groups in total. The molecule has 0 bridgehead atoms. The molecular formula is C17H19FN2O. The lowest BCUT2D eigenvalue weighted by atomic mass is 10.2. The van der Waals surface area contributed by atoms with Gasteiger partial charge in [-0.3, -0.25) is 0 Å². The highest BCUT2D eigenvalue weighted by Crippen LogP contribution is 2.31. The Labute approximate surface area is 124 Å². The van der Waals surface area contributed by atoms with E-state index < -0.39 is 0 Å². The van der Waals surface area contributed by atoms with Gasteiger partial charge < -0.3 is 15.0 Å². The predicted octanol–water partition coefficient (Wildman–Crippen LogP) is 3.53. The van der Waals surface area contributed by atoms with Gasteiger partial charge in [0, 0.05) is 24.8 Å². The van der Waals surface area contributed by atoms with Gasteiger partial charge in [-0.1, -0.05) is 18.2 Å². The van der Waals surface area contributed by atoms with E-state index in [4.69, 9.17) is 4.74 Å². The average Bonchev–Trinajstić information content (AvgIpc) is 2.52. The Hall–Kier alpha value is -2.23. The minimum atomic E-state index is -0.249. The fraction of sp³-hybridized carbons (Fsp3) is 0.294. The Morgan fingerprint density at radius 1 is 1.14 bits per heavy atom. The maximum atomic E-state index is 13.2. The monoisotopic (exact) mass is 286 g/mol. The van der Waals surface area contributed by atoms with Gasteiger partial charge in [0.2, 0.25) is 0 Å². The normalized spacial score (nSPS) is 13.5. The van der Waals surface area contributed by atoms with E-state index in [1.54, 1.807) is 6.07 Å². The van der Waals surface area contributed by atoms with Crippen molar-refractivity contribution in [1.29, 1.82) is 0 Å². The fourth-order valence-electron chi connectivity index (χ4n) is 2.54. The molecule has 3 rings (SSSR count). The summed E-state index contributed by atoms with van der Waals surface area (Å²) in [6, 6.07) is 14.9. The van der Waals surface area contributed by atoms with Crippen LogP contribution < -0.4 is 15.0 Å². The minimum Gasteiger partial charge on any atom is -0.489 e. The van der Waals surface area contributed by atoms with Crippen molar-refractivity contribution in [1.82, 2.24) is 0 Å². The van der Waals surface area contributed by atoms with E-state index in [1.807, 2.05) is 18.2 Å². The molecule has 0 unspecified atom stereocenters. The van der Waals surface area contributed by atoms with E-state index in [-0.39, 0.29) is 5.82 Å². The molecule has 0 saturated carbocycles. The first kappa shape index (κ1) is 13.7. The molecule has 0 aliphatic carbocycles. The molecule has 0 fully saturated rings. The molecule has 2 aromatic carbocycles. The molecule has 2 aromatic rings. The van der Waals surface area contributed by atoms with E-state index in [1.165, 1.54) is 12.1 Å². The molecule has 1 heterocycles. The van der Waals surface area contributed by atoms with Gasteiger partial charge in [-0.05, 0) is 30.7 Å². The SMILES string of the molecule is Fc1ccc2c(c1)OCCN2CCCNc1ccccc1. The number of hydrogen-bond acceptors (Lipinski definition) is 3. The van der Waals surface area contributed by atoms with Gasteiger partial charge in [0.1, 0.15) is 18.2 Å². The van der Waals surface area contributed by atoms with Crippen molar-refractivity contribution < 1.29 is 9.13 Å². The number of rotatable bonds is 5. The quantitative estimate of drug-likeness (QED) is 0.851. The number of ether oxygens (including phenoxy) is 1. The van der Waals surface area contributed by atoms with Crippen molar-refractivity contribution in [2.75, 3.05) is 36.5 Å². The Balaban J connectivity index is 1.53. The summed E-state index contributed by atoms with van der Waals surface area (Å²) in [6.45, 7) is 3.31. The molecule has 21 heavy (non-hydrogen) atoms. The molecule has 110 valence electrons. The van der Waals surface area contributed by atoms with E-state index in [9.17, 15) is 4.39 Å². The Kier molecular flexibility index (Phi) is 4.24. The Morgan fingerprint density at radius 3 is 2.86 bits per heavy atom. The summed E-state index contributed by atoms with van der Waals surface area (Å²) in [7, 11) is 0. The van der Waals surface area contributed by atoms with Gasteiger partial charge in [-0.25, -0.2) is 4.39 Å². The molecule has 3 nitrogen and oxygen atoms in total. The third-order valence-corrected chi connectivity index (χ3v) is 3.59. The highest BCUT2D eigenvalue weighted by atomic mass is 19.1. The van der Waals surface area contributed by atoms with Crippen LogP contribution in [0.4, 0.5) is 15.8 Å². The minimum absolute atomic E-state index is 0.249. The van der Waals surface area contributed by atoms with Crippen molar-refractivity contribution in [3.63, 3.8) is 0 Å². The maximum absolute atomic E-state index is 13.2. The van der Waals surface area contributed by atoms with Crippen LogP contribution >= 0.6 is 0 Å². The maximum Gasteiger partial charge on any atom is 0.145 e. The highest BCUT2D eigenvalue weighted by molar-refractivity contribution is 5.59. The smallest absolute Gasteiger partial charge is 0.145 e. The van der Waals surface area contributed by atoms with Crippen LogP contribution in [0.1, 0.15) is 6.42 Å². The van der Waals surface area contributed by atoms with Crippen LogP contribution in [-0.4, -0.2) is 26.2 Å². The standard InChI is InChI=1S/C17H19FN2O/c18-14-7-8-16-17(13-14)21-12-11-20(16)10-4-9-19-15-5-2-1-3-6-15/h1-3,5-8,13,19H,4,9-12H2. The van der Waals surface area contributed by atoms with Gasteiger partial charge >= 0.3 is 0 Å². The van der Waals surface area contributed by atoms with Crippen LogP contribution in [0, 0.1) is 5.82 Å². The summed E-state index contributed by atoms with van der Waals surface area (Å²) >= 11 is 0. The van der Waals surface area contributed by atoms with Crippen LogP contribution in [-0.2, 0) is 0 Å². The molecule has 0 aromatic heterocycles. The summed E-state index contributed by atoms with van der Waals surface area (Å²) in [5, 5.41) is 3.40. The number of para-hydroxylation sites is 1. The highest BCUT2D eigenvalue weighted by Gasteiger charge is 2.17. The predicted molar refractivity (Wildman–Crippen MR) is 83.7 cm³/mol. The number of fused-ring (bicyclic) bond motifs is 1. The largest absolute Gasteiger partial charge is 0.489 e. The summed E-state index contributed by atoms with van der Waals surface area (Å²) in [4.78, 5) is 2.25. The third kappa shape index (κ3) is 3.45. The molecule has 0 saturated heterocycles. The number of hydrogen-bond donors (Lipinski definition) is 1. The van der Waals surface area contributed by atoms with Crippen LogP contribution in [0.3, 0.4) is 0 Å². The Morgan fingerprint density at radius 2 is 2.00 bits per heavy atom. The second kappa shape index (κ2) is 6.48. The topological polar surface area (TPSA) is 24.5 Å². The van der Waals surface area contributed by atoms with Gasteiger partial charge in [-0.15, -0.1) is 0 Å². The molecule has 1 aliphatic heterocycles. The van der Waals surface area contributed by atoms with Gasteiger partial charge in [0.25, 0.3) is 0 Å². The zero-order valence-electron chi connectivity index (χ0n) is 11.9. The number of benzene rings is 2. The molecule has 4 heteroatoms. The molecule has 1 aliphatic rings. The van der Waals surface area contributed by atoms with Gasteiger partial charge in [-0.2, -0.15) is 0 Å². The van der Waals surface area contributed by atoms with Crippen molar-refractivity contribution in [3.8, 4) is 5.75 Å². The van der Waals surface area contributed by atoms with E-state index in [0.29, 0.717) is 12.4 Å². The summed E-state index contributed by atoms with van der Waals surface area (Å²) in [6.07, 6.45) is 1.02. The zero-order chi connectivity index (χ0) is 14.5. The second-order valence-corrected chi connectivity index (χ2v) is 5.09.